The Bertz CT molecular complexity index is 347. The van der Waals surface area contributed by atoms with E-state index in [9.17, 15) is 14.7 Å². The second-order valence-electron chi connectivity index (χ2n) is 6.32. The van der Waals surface area contributed by atoms with E-state index in [0.29, 0.717) is 18.9 Å². The van der Waals surface area contributed by atoms with Crippen molar-refractivity contribution in [2.75, 3.05) is 13.1 Å². The summed E-state index contributed by atoms with van der Waals surface area (Å²) in [7, 11) is 0. The van der Waals surface area contributed by atoms with Gasteiger partial charge in [0.15, 0.2) is 0 Å². The second-order valence-corrected chi connectivity index (χ2v) is 6.32. The monoisotopic (exact) mass is 282 g/mol. The Morgan fingerprint density at radius 3 is 2.35 bits per heavy atom. The summed E-state index contributed by atoms with van der Waals surface area (Å²) in [6, 6.07) is 0. The predicted octanol–water partition coefficient (Wildman–Crippen LogP) is 1.10. The largest absolute Gasteiger partial charge is 0.388 e. The number of hydrogen-bond acceptors (Lipinski definition) is 3. The van der Waals surface area contributed by atoms with Gasteiger partial charge in [0.05, 0.1) is 12.1 Å². The fraction of sp³-hybridized carbons (Fsp3) is 0.867. The Hall–Kier alpha value is -1.10. The molecule has 0 bridgehead atoms. The Balaban J connectivity index is 1.52. The molecule has 2 fully saturated rings. The Morgan fingerprint density at radius 1 is 1.05 bits per heavy atom. The van der Waals surface area contributed by atoms with Crippen molar-refractivity contribution >= 4 is 11.8 Å². The first-order valence-electron chi connectivity index (χ1n) is 7.83. The lowest BCUT2D eigenvalue weighted by atomic mass is 9.80. The average Bonchev–Trinajstić information content (AvgIpc) is 2.91. The highest BCUT2D eigenvalue weighted by atomic mass is 16.3. The Kier molecular flexibility index (Phi) is 5.40. The molecule has 0 atom stereocenters. The van der Waals surface area contributed by atoms with E-state index in [0.717, 1.165) is 25.7 Å². The molecule has 5 nitrogen and oxygen atoms in total. The van der Waals surface area contributed by atoms with E-state index in [1.807, 2.05) is 0 Å². The highest BCUT2D eigenvalue weighted by Crippen LogP contribution is 2.30. The highest BCUT2D eigenvalue weighted by molar-refractivity contribution is 5.84. The van der Waals surface area contributed by atoms with Gasteiger partial charge in [-0.05, 0) is 31.6 Å². The van der Waals surface area contributed by atoms with Gasteiger partial charge in [-0.15, -0.1) is 0 Å². The molecular formula is C15H26N2O3. The third-order valence-electron chi connectivity index (χ3n) is 4.60. The molecule has 0 aromatic carbocycles. The summed E-state index contributed by atoms with van der Waals surface area (Å²) in [5, 5.41) is 15.2. The van der Waals surface area contributed by atoms with E-state index < -0.39 is 5.60 Å². The van der Waals surface area contributed by atoms with Crippen molar-refractivity contribution in [2.45, 2.75) is 63.4 Å². The van der Waals surface area contributed by atoms with Crippen LogP contribution in [0.15, 0.2) is 0 Å². The first kappa shape index (κ1) is 15.3. The molecule has 2 rings (SSSR count). The molecule has 2 aliphatic carbocycles. The number of carbonyl (C=O) groups excluding carboxylic acids is 2. The molecule has 20 heavy (non-hydrogen) atoms. The molecule has 5 heteroatoms. The third-order valence-corrected chi connectivity index (χ3v) is 4.60. The quantitative estimate of drug-likeness (QED) is 0.654. The Morgan fingerprint density at radius 2 is 1.75 bits per heavy atom. The maximum atomic E-state index is 11.6. The summed E-state index contributed by atoms with van der Waals surface area (Å²) >= 11 is 0. The highest BCUT2D eigenvalue weighted by Gasteiger charge is 2.34. The van der Waals surface area contributed by atoms with E-state index >= 15 is 0 Å². The Labute approximate surface area is 120 Å². The molecule has 3 N–H and O–H groups in total. The normalized spacial score (nSPS) is 21.2. The van der Waals surface area contributed by atoms with Crippen LogP contribution < -0.4 is 10.6 Å². The first-order valence-corrected chi connectivity index (χ1v) is 7.83. The van der Waals surface area contributed by atoms with Crippen molar-refractivity contribution < 1.29 is 14.7 Å². The average molecular weight is 282 g/mol. The minimum absolute atomic E-state index is 0.0135. The minimum Gasteiger partial charge on any atom is -0.388 e. The van der Waals surface area contributed by atoms with Crippen LogP contribution in [0.25, 0.3) is 0 Å². The van der Waals surface area contributed by atoms with Crippen LogP contribution >= 0.6 is 0 Å². The lowest BCUT2D eigenvalue weighted by molar-refractivity contribution is -0.127. The molecule has 2 aliphatic rings. The molecule has 0 unspecified atom stereocenters. The van der Waals surface area contributed by atoms with Gasteiger partial charge < -0.3 is 15.7 Å². The van der Waals surface area contributed by atoms with Crippen molar-refractivity contribution in [1.29, 1.82) is 0 Å². The number of rotatable bonds is 7. The van der Waals surface area contributed by atoms with Crippen LogP contribution in [-0.2, 0) is 9.59 Å². The molecular weight excluding hydrogens is 256 g/mol. The molecule has 0 spiro atoms. The predicted molar refractivity (Wildman–Crippen MR) is 76.0 cm³/mol. The van der Waals surface area contributed by atoms with Gasteiger partial charge in [0.1, 0.15) is 0 Å². The smallest absolute Gasteiger partial charge is 0.239 e. The molecule has 0 heterocycles. The second kappa shape index (κ2) is 7.07. The maximum Gasteiger partial charge on any atom is 0.239 e. The van der Waals surface area contributed by atoms with Crippen LogP contribution in [0, 0.1) is 5.92 Å². The van der Waals surface area contributed by atoms with Gasteiger partial charge in [-0.2, -0.15) is 0 Å². The van der Waals surface area contributed by atoms with Crippen LogP contribution in [0.2, 0.25) is 0 Å². The number of aliphatic hydroxyl groups is 1. The van der Waals surface area contributed by atoms with Gasteiger partial charge in [0, 0.05) is 13.0 Å². The molecule has 0 aromatic rings. The van der Waals surface area contributed by atoms with E-state index in [2.05, 4.69) is 10.6 Å². The summed E-state index contributed by atoms with van der Waals surface area (Å²) < 4.78 is 0. The van der Waals surface area contributed by atoms with Crippen LogP contribution in [0.3, 0.4) is 0 Å². The number of hydrogen-bond donors (Lipinski definition) is 3. The summed E-state index contributed by atoms with van der Waals surface area (Å²) in [4.78, 5) is 23.2. The summed E-state index contributed by atoms with van der Waals surface area (Å²) in [5.74, 6) is 0.427. The fourth-order valence-electron chi connectivity index (χ4n) is 2.99. The number of nitrogens with one attached hydrogen (secondary N) is 2. The summed E-state index contributed by atoms with van der Waals surface area (Å²) in [5.41, 5.74) is -0.706. The molecule has 0 aromatic heterocycles. The van der Waals surface area contributed by atoms with Gasteiger partial charge in [-0.25, -0.2) is 0 Å². The summed E-state index contributed by atoms with van der Waals surface area (Å²) in [6.07, 6.45) is 9.04. The van der Waals surface area contributed by atoms with Crippen LogP contribution in [-0.4, -0.2) is 35.6 Å². The zero-order chi connectivity index (χ0) is 14.4. The number of carbonyl (C=O) groups is 2. The van der Waals surface area contributed by atoms with Crippen molar-refractivity contribution in [3.63, 3.8) is 0 Å². The van der Waals surface area contributed by atoms with Crippen molar-refractivity contribution in [2.24, 2.45) is 5.92 Å². The SMILES string of the molecule is O=C(CCC1CCCC1)NCC(=O)NCC1(O)CCC1. The molecule has 0 saturated heterocycles. The lowest BCUT2D eigenvalue weighted by Crippen LogP contribution is -2.49. The van der Waals surface area contributed by atoms with E-state index in [1.165, 1.54) is 25.7 Å². The zero-order valence-electron chi connectivity index (χ0n) is 12.1. The van der Waals surface area contributed by atoms with Crippen LogP contribution in [0.4, 0.5) is 0 Å². The van der Waals surface area contributed by atoms with Gasteiger partial charge in [-0.3, -0.25) is 9.59 Å². The minimum atomic E-state index is -0.706. The van der Waals surface area contributed by atoms with Gasteiger partial charge in [0.25, 0.3) is 0 Å². The van der Waals surface area contributed by atoms with Gasteiger partial charge in [0.2, 0.25) is 11.8 Å². The molecule has 0 aliphatic heterocycles. The maximum absolute atomic E-state index is 11.6. The number of amides is 2. The summed E-state index contributed by atoms with van der Waals surface area (Å²) in [6.45, 7) is 0.309. The van der Waals surface area contributed by atoms with Gasteiger partial charge in [-0.1, -0.05) is 25.7 Å². The molecule has 0 radical (unpaired) electrons. The fourth-order valence-corrected chi connectivity index (χ4v) is 2.99. The van der Waals surface area contributed by atoms with Gasteiger partial charge >= 0.3 is 0 Å². The topological polar surface area (TPSA) is 78.4 Å². The van der Waals surface area contributed by atoms with Crippen molar-refractivity contribution in [1.82, 2.24) is 10.6 Å². The molecule has 2 amide bonds. The first-order chi connectivity index (χ1) is 9.57. The van der Waals surface area contributed by atoms with Crippen LogP contribution in [0.5, 0.6) is 0 Å². The van der Waals surface area contributed by atoms with E-state index in [1.54, 1.807) is 0 Å². The van der Waals surface area contributed by atoms with Crippen molar-refractivity contribution in [3.05, 3.63) is 0 Å². The van der Waals surface area contributed by atoms with E-state index in [4.69, 9.17) is 0 Å². The van der Waals surface area contributed by atoms with Crippen molar-refractivity contribution in [3.8, 4) is 0 Å². The van der Waals surface area contributed by atoms with E-state index in [-0.39, 0.29) is 18.4 Å². The van der Waals surface area contributed by atoms with Crippen LogP contribution in [0.1, 0.15) is 57.8 Å². The molecule has 2 saturated carbocycles. The standard InChI is InChI=1S/C15H26N2O3/c18-13(7-6-12-4-1-2-5-12)16-10-14(19)17-11-15(20)8-3-9-15/h12,20H,1-11H2,(H,16,18)(H,17,19). The zero-order valence-corrected chi connectivity index (χ0v) is 12.1. The third kappa shape index (κ3) is 4.78. The lowest BCUT2D eigenvalue weighted by Gasteiger charge is -2.36. The molecule has 114 valence electrons.